The topological polar surface area (TPSA) is 68.2 Å². The molecular weight excluding hydrogens is 452 g/mol. The first-order valence-electron chi connectivity index (χ1n) is 12.2. The van der Waals surface area contributed by atoms with Gasteiger partial charge in [-0.05, 0) is 22.3 Å². The van der Waals surface area contributed by atoms with Crippen molar-refractivity contribution in [1.29, 1.82) is 0 Å². The fraction of sp³-hybridized carbons (Fsp3) is 0.226. The first-order chi connectivity index (χ1) is 17.7. The average Bonchev–Trinajstić information content (AvgIpc) is 3.22. The van der Waals surface area contributed by atoms with E-state index in [4.69, 9.17) is 14.2 Å². The lowest BCUT2D eigenvalue weighted by molar-refractivity contribution is -0.146. The van der Waals surface area contributed by atoms with E-state index >= 15 is 0 Å². The van der Waals surface area contributed by atoms with Gasteiger partial charge in [0.15, 0.2) is 6.29 Å². The molecule has 1 heterocycles. The highest BCUT2D eigenvalue weighted by Gasteiger charge is 2.46. The Labute approximate surface area is 211 Å². The van der Waals surface area contributed by atoms with Crippen LogP contribution >= 0.6 is 0 Å². The lowest BCUT2D eigenvalue weighted by Gasteiger charge is -2.37. The van der Waals surface area contributed by atoms with E-state index in [0.29, 0.717) is 0 Å². The normalized spacial score (nSPS) is 21.9. The van der Waals surface area contributed by atoms with Crippen molar-refractivity contribution in [2.24, 2.45) is 0 Å². The van der Waals surface area contributed by atoms with E-state index in [1.165, 1.54) is 0 Å². The smallest absolute Gasteiger partial charge is 0.184 e. The van der Waals surface area contributed by atoms with Gasteiger partial charge in [-0.2, -0.15) is 0 Å². The van der Waals surface area contributed by atoms with E-state index in [2.05, 4.69) is 0 Å². The van der Waals surface area contributed by atoms with Gasteiger partial charge >= 0.3 is 0 Å². The maximum atomic E-state index is 10.6. The first-order valence-corrected chi connectivity index (χ1v) is 12.2. The Balaban J connectivity index is 1.48. The van der Waals surface area contributed by atoms with Crippen molar-refractivity contribution in [3.8, 4) is 0 Å². The Morgan fingerprint density at radius 2 is 1.08 bits per heavy atom. The minimum absolute atomic E-state index is 0.0895. The number of ether oxygens (including phenoxy) is 3. The zero-order valence-corrected chi connectivity index (χ0v) is 19.9. The SMILES string of the molecule is OC1OC(COC(c2ccccc2)(c2ccccc2)c2ccccc2)[C@@H](OCc2ccccc2)[C@H]1O. The molecule has 0 aliphatic carbocycles. The van der Waals surface area contributed by atoms with Gasteiger partial charge in [0, 0.05) is 0 Å². The Hall–Kier alpha value is -3.32. The van der Waals surface area contributed by atoms with Crippen molar-refractivity contribution in [2.75, 3.05) is 6.61 Å². The molecule has 1 fully saturated rings. The fourth-order valence-electron chi connectivity index (χ4n) is 4.80. The highest BCUT2D eigenvalue weighted by molar-refractivity contribution is 5.47. The lowest BCUT2D eigenvalue weighted by atomic mass is 9.80. The summed E-state index contributed by atoms with van der Waals surface area (Å²) >= 11 is 0. The van der Waals surface area contributed by atoms with E-state index in [1.807, 2.05) is 121 Å². The molecule has 0 saturated carbocycles. The Kier molecular flexibility index (Phi) is 7.56. The summed E-state index contributed by atoms with van der Waals surface area (Å²) in [5.74, 6) is 0. The monoisotopic (exact) mass is 482 g/mol. The Morgan fingerprint density at radius 3 is 1.56 bits per heavy atom. The maximum Gasteiger partial charge on any atom is 0.184 e. The van der Waals surface area contributed by atoms with Crippen LogP contribution in [0.1, 0.15) is 22.3 Å². The predicted molar refractivity (Wildman–Crippen MR) is 137 cm³/mol. The summed E-state index contributed by atoms with van der Waals surface area (Å²) in [6, 6.07) is 39.9. The lowest BCUT2D eigenvalue weighted by Crippen LogP contribution is -2.41. The largest absolute Gasteiger partial charge is 0.385 e. The van der Waals surface area contributed by atoms with Crippen LogP contribution in [0.5, 0.6) is 0 Å². The van der Waals surface area contributed by atoms with E-state index in [-0.39, 0.29) is 13.2 Å². The molecule has 184 valence electrons. The van der Waals surface area contributed by atoms with Gasteiger partial charge in [0.2, 0.25) is 0 Å². The van der Waals surface area contributed by atoms with Crippen molar-refractivity contribution in [2.45, 2.75) is 36.8 Å². The van der Waals surface area contributed by atoms with Gasteiger partial charge < -0.3 is 24.4 Å². The van der Waals surface area contributed by atoms with Gasteiger partial charge in [-0.25, -0.2) is 0 Å². The molecule has 5 rings (SSSR count). The average molecular weight is 483 g/mol. The van der Waals surface area contributed by atoms with Crippen molar-refractivity contribution in [3.63, 3.8) is 0 Å². The predicted octanol–water partition coefficient (Wildman–Crippen LogP) is 4.66. The third-order valence-electron chi connectivity index (χ3n) is 6.60. The molecule has 0 amide bonds. The molecule has 4 aromatic rings. The second kappa shape index (κ2) is 11.2. The zero-order chi connectivity index (χ0) is 24.8. The van der Waals surface area contributed by atoms with Crippen LogP contribution in [-0.4, -0.2) is 41.4 Å². The van der Waals surface area contributed by atoms with Crippen LogP contribution in [-0.2, 0) is 26.4 Å². The first kappa shape index (κ1) is 24.4. The summed E-state index contributed by atoms with van der Waals surface area (Å²) in [7, 11) is 0. The van der Waals surface area contributed by atoms with Gasteiger partial charge in [-0.3, -0.25) is 0 Å². The third kappa shape index (κ3) is 4.98. The molecule has 1 aliphatic heterocycles. The number of rotatable bonds is 9. The molecule has 1 aliphatic rings. The molecule has 0 spiro atoms. The number of benzene rings is 4. The molecule has 36 heavy (non-hydrogen) atoms. The minimum atomic E-state index is -1.35. The van der Waals surface area contributed by atoms with E-state index in [0.717, 1.165) is 22.3 Å². The molecule has 2 unspecified atom stereocenters. The summed E-state index contributed by atoms with van der Waals surface area (Å²) in [6.45, 7) is 0.378. The van der Waals surface area contributed by atoms with Crippen LogP contribution in [0.25, 0.3) is 0 Å². The van der Waals surface area contributed by atoms with Crippen LogP contribution in [0.3, 0.4) is 0 Å². The van der Waals surface area contributed by atoms with E-state index < -0.39 is 30.2 Å². The quantitative estimate of drug-likeness (QED) is 0.340. The Morgan fingerprint density at radius 1 is 0.639 bits per heavy atom. The molecule has 0 aromatic heterocycles. The van der Waals surface area contributed by atoms with Gasteiger partial charge in [0.05, 0.1) is 13.2 Å². The standard InChI is InChI=1S/C31H30O5/c32-28-29(34-21-23-13-5-1-6-14-23)27(36-30(28)33)22-35-31(24-15-7-2-8-16-24,25-17-9-3-10-18-25)26-19-11-4-12-20-26/h1-20,27-30,32-33H,21-22H2/t27?,28-,29-,30?/m1/s1. The minimum Gasteiger partial charge on any atom is -0.385 e. The summed E-state index contributed by atoms with van der Waals surface area (Å²) in [6.07, 6.45) is -3.95. The Bertz CT molecular complexity index is 1100. The molecule has 4 aromatic carbocycles. The summed E-state index contributed by atoms with van der Waals surface area (Å²) < 4.78 is 18.6. The van der Waals surface area contributed by atoms with E-state index in [9.17, 15) is 10.2 Å². The van der Waals surface area contributed by atoms with E-state index in [1.54, 1.807) is 0 Å². The van der Waals surface area contributed by atoms with Gasteiger partial charge in [0.1, 0.15) is 23.9 Å². The van der Waals surface area contributed by atoms with Crippen LogP contribution in [0, 0.1) is 0 Å². The van der Waals surface area contributed by atoms with Crippen LogP contribution < -0.4 is 0 Å². The molecule has 0 bridgehead atoms. The van der Waals surface area contributed by atoms with Crippen LogP contribution in [0.2, 0.25) is 0 Å². The molecular formula is C31H30O5. The summed E-state index contributed by atoms with van der Waals surface area (Å²) in [5, 5.41) is 20.9. The number of aliphatic hydroxyl groups is 2. The van der Waals surface area contributed by atoms with Crippen LogP contribution in [0.4, 0.5) is 0 Å². The van der Waals surface area contributed by atoms with Gasteiger partial charge in [-0.1, -0.05) is 121 Å². The van der Waals surface area contributed by atoms with Crippen molar-refractivity contribution in [1.82, 2.24) is 0 Å². The molecule has 5 nitrogen and oxygen atoms in total. The highest BCUT2D eigenvalue weighted by atomic mass is 16.7. The highest BCUT2D eigenvalue weighted by Crippen LogP contribution is 2.41. The third-order valence-corrected chi connectivity index (χ3v) is 6.60. The van der Waals surface area contributed by atoms with Gasteiger partial charge in [0.25, 0.3) is 0 Å². The van der Waals surface area contributed by atoms with Crippen LogP contribution in [0.15, 0.2) is 121 Å². The molecule has 5 heteroatoms. The second-order valence-electron chi connectivity index (χ2n) is 8.91. The molecule has 2 N–H and O–H groups in total. The van der Waals surface area contributed by atoms with Crippen molar-refractivity contribution >= 4 is 0 Å². The summed E-state index contributed by atoms with van der Waals surface area (Å²) in [4.78, 5) is 0. The van der Waals surface area contributed by atoms with Crippen molar-refractivity contribution < 1.29 is 24.4 Å². The second-order valence-corrected chi connectivity index (χ2v) is 8.91. The van der Waals surface area contributed by atoms with Gasteiger partial charge in [-0.15, -0.1) is 0 Å². The number of hydrogen-bond acceptors (Lipinski definition) is 5. The maximum absolute atomic E-state index is 10.6. The molecule has 4 atom stereocenters. The van der Waals surface area contributed by atoms with Crippen molar-refractivity contribution in [3.05, 3.63) is 144 Å². The molecule has 0 radical (unpaired) electrons. The number of aliphatic hydroxyl groups excluding tert-OH is 2. The number of hydrogen-bond donors (Lipinski definition) is 2. The molecule has 1 saturated heterocycles. The fourth-order valence-corrected chi connectivity index (χ4v) is 4.80. The zero-order valence-electron chi connectivity index (χ0n) is 19.9. The summed E-state index contributed by atoms with van der Waals surface area (Å²) in [5.41, 5.74) is 2.92.